The van der Waals surface area contributed by atoms with E-state index in [0.717, 1.165) is 5.56 Å². The van der Waals surface area contributed by atoms with Gasteiger partial charge >= 0.3 is 12.1 Å². The molecule has 24 heavy (non-hydrogen) atoms. The van der Waals surface area contributed by atoms with E-state index in [1.807, 2.05) is 30.3 Å². The van der Waals surface area contributed by atoms with Crippen LogP contribution < -0.4 is 0 Å². The lowest BCUT2D eigenvalue weighted by atomic mass is 10.1. The lowest BCUT2D eigenvalue weighted by Gasteiger charge is -2.23. The topological polar surface area (TPSA) is 74.3 Å². The van der Waals surface area contributed by atoms with Crippen molar-refractivity contribution in [3.8, 4) is 0 Å². The maximum atomic E-state index is 12.5. The number of ether oxygens (including phenoxy) is 4. The average molecular weight is 335 g/mol. The number of carbonyl (C=O) groups excluding carboxylic acids is 2. The van der Waals surface area contributed by atoms with Gasteiger partial charge in [0.05, 0.1) is 26.4 Å². The standard InChI is InChI=1S/C17H21NO6/c1-2-21-15(19)14-10-17(23-8-9-24-17)12-18(14)16(20)22-11-13-6-4-3-5-7-13/h3-7,14H,2,8-12H2,1H3/t14-/m0/s1. The number of hydrogen-bond acceptors (Lipinski definition) is 6. The molecule has 7 nitrogen and oxygen atoms in total. The lowest BCUT2D eigenvalue weighted by Crippen LogP contribution is -2.42. The van der Waals surface area contributed by atoms with Gasteiger partial charge in [-0.3, -0.25) is 4.90 Å². The van der Waals surface area contributed by atoms with Gasteiger partial charge in [-0.15, -0.1) is 0 Å². The van der Waals surface area contributed by atoms with Crippen molar-refractivity contribution in [2.24, 2.45) is 0 Å². The second-order valence-corrected chi connectivity index (χ2v) is 5.75. The Bertz CT molecular complexity index is 584. The van der Waals surface area contributed by atoms with Crippen molar-refractivity contribution in [3.05, 3.63) is 35.9 Å². The van der Waals surface area contributed by atoms with E-state index < -0.39 is 23.9 Å². The molecule has 2 saturated heterocycles. The largest absolute Gasteiger partial charge is 0.464 e. The van der Waals surface area contributed by atoms with Crippen LogP contribution in [0.2, 0.25) is 0 Å². The van der Waals surface area contributed by atoms with Gasteiger partial charge in [0.2, 0.25) is 0 Å². The van der Waals surface area contributed by atoms with E-state index >= 15 is 0 Å². The van der Waals surface area contributed by atoms with E-state index in [0.29, 0.717) is 13.2 Å². The summed E-state index contributed by atoms with van der Waals surface area (Å²) >= 11 is 0. The Hall–Kier alpha value is -2.12. The second kappa shape index (κ2) is 7.19. The highest BCUT2D eigenvalue weighted by Gasteiger charge is 2.53. The number of esters is 1. The first kappa shape index (κ1) is 16.7. The maximum absolute atomic E-state index is 12.5. The summed E-state index contributed by atoms with van der Waals surface area (Å²) in [7, 11) is 0. The van der Waals surface area contributed by atoms with Gasteiger partial charge in [0, 0.05) is 6.42 Å². The van der Waals surface area contributed by atoms with Gasteiger partial charge in [0.1, 0.15) is 12.6 Å². The van der Waals surface area contributed by atoms with Crippen LogP contribution >= 0.6 is 0 Å². The number of amides is 1. The summed E-state index contributed by atoms with van der Waals surface area (Å²) in [5.74, 6) is -1.39. The Balaban J connectivity index is 1.68. The Kier molecular flexibility index (Phi) is 5.01. The summed E-state index contributed by atoms with van der Waals surface area (Å²) in [6.45, 7) is 3.16. The summed E-state index contributed by atoms with van der Waals surface area (Å²) in [6.07, 6.45) is -0.320. The molecule has 7 heteroatoms. The normalized spacial score (nSPS) is 21.9. The van der Waals surface area contributed by atoms with Crippen molar-refractivity contribution in [1.29, 1.82) is 0 Å². The molecule has 1 aromatic rings. The van der Waals surface area contributed by atoms with Gasteiger partial charge in [-0.2, -0.15) is 0 Å². The van der Waals surface area contributed by atoms with Crippen LogP contribution in [0.15, 0.2) is 30.3 Å². The number of hydrogen-bond donors (Lipinski definition) is 0. The molecule has 1 atom stereocenters. The van der Waals surface area contributed by atoms with Crippen molar-refractivity contribution in [2.45, 2.75) is 31.8 Å². The third-order valence-corrected chi connectivity index (χ3v) is 4.10. The number of benzene rings is 1. The monoisotopic (exact) mass is 335 g/mol. The zero-order valence-corrected chi connectivity index (χ0v) is 13.6. The van der Waals surface area contributed by atoms with E-state index in [-0.39, 0.29) is 26.2 Å². The van der Waals surface area contributed by atoms with Crippen LogP contribution in [0.5, 0.6) is 0 Å². The van der Waals surface area contributed by atoms with Crippen LogP contribution in [-0.4, -0.2) is 55.2 Å². The fourth-order valence-electron chi connectivity index (χ4n) is 2.99. The van der Waals surface area contributed by atoms with Gasteiger partial charge < -0.3 is 18.9 Å². The summed E-state index contributed by atoms with van der Waals surface area (Å²) in [4.78, 5) is 26.0. The molecule has 2 fully saturated rings. The van der Waals surface area contributed by atoms with Crippen LogP contribution in [0.1, 0.15) is 18.9 Å². The van der Waals surface area contributed by atoms with Crippen molar-refractivity contribution in [2.75, 3.05) is 26.4 Å². The molecule has 0 bridgehead atoms. The number of rotatable bonds is 4. The molecule has 2 aliphatic rings. The van der Waals surface area contributed by atoms with Crippen LogP contribution in [0.4, 0.5) is 4.79 Å². The Morgan fingerprint density at radius 1 is 1.21 bits per heavy atom. The highest BCUT2D eigenvalue weighted by molar-refractivity contribution is 5.82. The summed E-state index contributed by atoms with van der Waals surface area (Å²) in [6, 6.07) is 8.61. The fourth-order valence-corrected chi connectivity index (χ4v) is 2.99. The third-order valence-electron chi connectivity index (χ3n) is 4.10. The molecule has 0 N–H and O–H groups in total. The second-order valence-electron chi connectivity index (χ2n) is 5.75. The molecule has 0 aliphatic carbocycles. The van der Waals surface area contributed by atoms with Crippen molar-refractivity contribution in [1.82, 2.24) is 4.90 Å². The third kappa shape index (κ3) is 3.52. The number of carbonyl (C=O) groups is 2. The Morgan fingerprint density at radius 2 is 1.92 bits per heavy atom. The zero-order chi connectivity index (χ0) is 17.0. The summed E-state index contributed by atoms with van der Waals surface area (Å²) < 4.78 is 21.7. The van der Waals surface area contributed by atoms with Crippen LogP contribution in [0.3, 0.4) is 0 Å². The minimum Gasteiger partial charge on any atom is -0.464 e. The molecule has 0 unspecified atom stereocenters. The minimum absolute atomic E-state index is 0.139. The van der Waals surface area contributed by atoms with Gasteiger partial charge in [-0.1, -0.05) is 30.3 Å². The first-order valence-corrected chi connectivity index (χ1v) is 8.05. The molecular formula is C17H21NO6. The predicted molar refractivity (Wildman–Crippen MR) is 83.0 cm³/mol. The quantitative estimate of drug-likeness (QED) is 0.780. The maximum Gasteiger partial charge on any atom is 0.411 e. The Labute approximate surface area is 140 Å². The van der Waals surface area contributed by atoms with E-state index in [1.165, 1.54) is 4.90 Å². The summed E-state index contributed by atoms with van der Waals surface area (Å²) in [5.41, 5.74) is 0.876. The van der Waals surface area contributed by atoms with Gasteiger partial charge in [0.25, 0.3) is 0 Å². The summed E-state index contributed by atoms with van der Waals surface area (Å²) in [5, 5.41) is 0. The minimum atomic E-state index is -0.927. The fraction of sp³-hybridized carbons (Fsp3) is 0.529. The molecule has 2 aliphatic heterocycles. The Morgan fingerprint density at radius 3 is 2.58 bits per heavy atom. The predicted octanol–water partition coefficient (Wildman–Crippen LogP) is 1.70. The zero-order valence-electron chi connectivity index (χ0n) is 13.6. The molecule has 1 aromatic carbocycles. The first-order valence-electron chi connectivity index (χ1n) is 8.05. The molecular weight excluding hydrogens is 314 g/mol. The number of nitrogens with zero attached hydrogens (tertiary/aromatic N) is 1. The average Bonchev–Trinajstić information content (AvgIpc) is 3.21. The van der Waals surface area contributed by atoms with Crippen molar-refractivity contribution in [3.63, 3.8) is 0 Å². The smallest absolute Gasteiger partial charge is 0.411 e. The molecule has 0 aromatic heterocycles. The molecule has 0 saturated carbocycles. The molecule has 3 rings (SSSR count). The van der Waals surface area contributed by atoms with Gasteiger partial charge in [-0.25, -0.2) is 9.59 Å². The van der Waals surface area contributed by atoms with Gasteiger partial charge in [0.15, 0.2) is 5.79 Å². The van der Waals surface area contributed by atoms with Gasteiger partial charge in [-0.05, 0) is 12.5 Å². The molecule has 0 radical (unpaired) electrons. The lowest BCUT2D eigenvalue weighted by molar-refractivity contribution is -0.153. The van der Waals surface area contributed by atoms with Crippen LogP contribution in [0.25, 0.3) is 0 Å². The van der Waals surface area contributed by atoms with E-state index in [4.69, 9.17) is 18.9 Å². The van der Waals surface area contributed by atoms with E-state index in [9.17, 15) is 9.59 Å². The highest BCUT2D eigenvalue weighted by atomic mass is 16.7. The number of likely N-dealkylation sites (tertiary alicyclic amines) is 1. The molecule has 2 heterocycles. The van der Waals surface area contributed by atoms with Crippen molar-refractivity contribution >= 4 is 12.1 Å². The highest BCUT2D eigenvalue weighted by Crippen LogP contribution is 2.35. The molecule has 1 amide bonds. The first-order chi connectivity index (χ1) is 11.6. The van der Waals surface area contributed by atoms with Crippen LogP contribution in [-0.2, 0) is 30.3 Å². The van der Waals surface area contributed by atoms with E-state index in [1.54, 1.807) is 6.92 Å². The van der Waals surface area contributed by atoms with E-state index in [2.05, 4.69) is 0 Å². The molecule has 1 spiro atoms. The SMILES string of the molecule is CCOC(=O)[C@@H]1CC2(CN1C(=O)OCc1ccccc1)OCCO2. The van der Waals surface area contributed by atoms with Crippen LogP contribution in [0, 0.1) is 0 Å². The molecule has 130 valence electrons. The van der Waals surface area contributed by atoms with Crippen molar-refractivity contribution < 1.29 is 28.5 Å².